The highest BCUT2D eigenvalue weighted by molar-refractivity contribution is 5.15. The Hall–Kier alpha value is -0.860. The van der Waals surface area contributed by atoms with Gasteiger partial charge < -0.3 is 9.84 Å². The van der Waals surface area contributed by atoms with E-state index in [0.29, 0.717) is 12.5 Å². The van der Waals surface area contributed by atoms with Gasteiger partial charge in [0.1, 0.15) is 0 Å². The third-order valence-corrected chi connectivity index (χ3v) is 2.27. The van der Waals surface area contributed by atoms with Crippen LogP contribution >= 0.6 is 0 Å². The number of aliphatic hydroxyl groups is 1. The second-order valence-electron chi connectivity index (χ2n) is 3.54. The lowest BCUT2D eigenvalue weighted by Crippen LogP contribution is -2.05. The van der Waals surface area contributed by atoms with Gasteiger partial charge in [-0.3, -0.25) is 0 Å². The van der Waals surface area contributed by atoms with Gasteiger partial charge in [0.2, 0.25) is 0 Å². The van der Waals surface area contributed by atoms with Crippen LogP contribution in [0.3, 0.4) is 0 Å². The van der Waals surface area contributed by atoms with E-state index >= 15 is 0 Å². The molecule has 1 unspecified atom stereocenters. The summed E-state index contributed by atoms with van der Waals surface area (Å²) in [6.07, 6.45) is 1.75. The minimum atomic E-state index is -0.748. The molecule has 2 heteroatoms. The van der Waals surface area contributed by atoms with Gasteiger partial charge in [-0.2, -0.15) is 0 Å². The van der Waals surface area contributed by atoms with Gasteiger partial charge in [0.25, 0.3) is 0 Å². The van der Waals surface area contributed by atoms with E-state index in [9.17, 15) is 5.11 Å². The molecule has 1 aliphatic carbocycles. The Balaban J connectivity index is 1.85. The van der Waals surface area contributed by atoms with Gasteiger partial charge in [0.15, 0.2) is 6.29 Å². The van der Waals surface area contributed by atoms with Gasteiger partial charge in [0.05, 0.1) is 6.61 Å². The van der Waals surface area contributed by atoms with Crippen LogP contribution in [0.1, 0.15) is 24.7 Å². The lowest BCUT2D eigenvalue weighted by molar-refractivity contribution is -0.106. The van der Waals surface area contributed by atoms with Crippen LogP contribution in [0, 0.1) is 5.92 Å². The van der Waals surface area contributed by atoms with Crippen LogP contribution in [0.5, 0.6) is 0 Å². The molecule has 0 saturated heterocycles. The van der Waals surface area contributed by atoms with E-state index in [-0.39, 0.29) is 0 Å². The average molecular weight is 178 g/mol. The quantitative estimate of drug-likeness (QED) is 0.715. The standard InChI is InChI=1S/C11H14O2/c12-11(13-8-9-6-7-9)10-4-2-1-3-5-10/h1-5,9,11-12H,6-8H2. The summed E-state index contributed by atoms with van der Waals surface area (Å²) in [6.45, 7) is 0.691. The van der Waals surface area contributed by atoms with E-state index in [0.717, 1.165) is 5.56 Å². The van der Waals surface area contributed by atoms with E-state index in [1.807, 2.05) is 30.3 Å². The van der Waals surface area contributed by atoms with Crippen molar-refractivity contribution in [2.45, 2.75) is 19.1 Å². The topological polar surface area (TPSA) is 29.5 Å². The van der Waals surface area contributed by atoms with Crippen molar-refractivity contribution < 1.29 is 9.84 Å². The largest absolute Gasteiger partial charge is 0.364 e. The van der Waals surface area contributed by atoms with E-state index in [1.54, 1.807) is 0 Å². The lowest BCUT2D eigenvalue weighted by atomic mass is 10.2. The summed E-state index contributed by atoms with van der Waals surface area (Å²) in [5.74, 6) is 0.693. The van der Waals surface area contributed by atoms with Gasteiger partial charge >= 0.3 is 0 Å². The van der Waals surface area contributed by atoms with Crippen molar-refractivity contribution in [3.63, 3.8) is 0 Å². The first-order valence-corrected chi connectivity index (χ1v) is 4.71. The molecule has 0 spiro atoms. The summed E-state index contributed by atoms with van der Waals surface area (Å²) in [5, 5.41) is 9.57. The molecule has 0 amide bonds. The van der Waals surface area contributed by atoms with Gasteiger partial charge in [0, 0.05) is 5.56 Å². The van der Waals surface area contributed by atoms with Crippen molar-refractivity contribution in [2.24, 2.45) is 5.92 Å². The van der Waals surface area contributed by atoms with Gasteiger partial charge in [-0.1, -0.05) is 30.3 Å². The molecule has 1 saturated carbocycles. The molecule has 0 radical (unpaired) electrons. The fourth-order valence-corrected chi connectivity index (χ4v) is 1.23. The fraction of sp³-hybridized carbons (Fsp3) is 0.455. The molecule has 1 aromatic rings. The smallest absolute Gasteiger partial charge is 0.181 e. The lowest BCUT2D eigenvalue weighted by Gasteiger charge is -2.11. The Morgan fingerprint density at radius 2 is 2.00 bits per heavy atom. The maximum absolute atomic E-state index is 9.57. The Labute approximate surface area is 78.2 Å². The molecule has 1 N–H and O–H groups in total. The zero-order valence-electron chi connectivity index (χ0n) is 7.52. The highest BCUT2D eigenvalue weighted by atomic mass is 16.6. The summed E-state index contributed by atoms with van der Waals surface area (Å²) >= 11 is 0. The zero-order chi connectivity index (χ0) is 9.10. The molecule has 0 bridgehead atoms. The molecular formula is C11H14O2. The third kappa shape index (κ3) is 2.54. The number of aliphatic hydroxyl groups excluding tert-OH is 1. The number of hydrogen-bond donors (Lipinski definition) is 1. The number of hydrogen-bond acceptors (Lipinski definition) is 2. The molecule has 0 heterocycles. The first-order valence-electron chi connectivity index (χ1n) is 4.71. The van der Waals surface area contributed by atoms with Crippen LogP contribution in [0.4, 0.5) is 0 Å². The number of ether oxygens (including phenoxy) is 1. The van der Waals surface area contributed by atoms with Crippen molar-refractivity contribution >= 4 is 0 Å². The highest BCUT2D eigenvalue weighted by Gasteiger charge is 2.22. The second kappa shape index (κ2) is 3.90. The summed E-state index contributed by atoms with van der Waals surface area (Å²) in [6, 6.07) is 9.48. The SMILES string of the molecule is OC(OCC1CC1)c1ccccc1. The van der Waals surface area contributed by atoms with Crippen LogP contribution in [-0.4, -0.2) is 11.7 Å². The molecule has 0 aromatic heterocycles. The highest BCUT2D eigenvalue weighted by Crippen LogP contribution is 2.30. The van der Waals surface area contributed by atoms with Crippen LogP contribution < -0.4 is 0 Å². The Kier molecular flexibility index (Phi) is 2.62. The van der Waals surface area contributed by atoms with Crippen LogP contribution in [0.15, 0.2) is 30.3 Å². The normalized spacial score (nSPS) is 18.5. The van der Waals surface area contributed by atoms with Crippen LogP contribution in [-0.2, 0) is 4.74 Å². The Morgan fingerprint density at radius 3 is 2.62 bits per heavy atom. The predicted molar refractivity (Wildman–Crippen MR) is 50.1 cm³/mol. The van der Waals surface area contributed by atoms with E-state index < -0.39 is 6.29 Å². The van der Waals surface area contributed by atoms with Crippen LogP contribution in [0.2, 0.25) is 0 Å². The molecule has 1 aliphatic rings. The maximum Gasteiger partial charge on any atom is 0.181 e. The molecule has 2 nitrogen and oxygen atoms in total. The number of rotatable bonds is 4. The van der Waals surface area contributed by atoms with Gasteiger partial charge in [-0.25, -0.2) is 0 Å². The Bertz CT molecular complexity index is 254. The minimum Gasteiger partial charge on any atom is -0.364 e. The zero-order valence-corrected chi connectivity index (χ0v) is 7.52. The fourth-order valence-electron chi connectivity index (χ4n) is 1.23. The van der Waals surface area contributed by atoms with E-state index in [4.69, 9.17) is 4.74 Å². The second-order valence-corrected chi connectivity index (χ2v) is 3.54. The van der Waals surface area contributed by atoms with Crippen molar-refractivity contribution in [1.82, 2.24) is 0 Å². The molecule has 1 fully saturated rings. The summed E-state index contributed by atoms with van der Waals surface area (Å²) in [5.41, 5.74) is 0.836. The van der Waals surface area contributed by atoms with Gasteiger partial charge in [-0.15, -0.1) is 0 Å². The monoisotopic (exact) mass is 178 g/mol. The van der Waals surface area contributed by atoms with Crippen molar-refractivity contribution in [2.75, 3.05) is 6.61 Å². The summed E-state index contributed by atoms with van der Waals surface area (Å²) in [4.78, 5) is 0. The molecule has 70 valence electrons. The molecule has 1 atom stereocenters. The first kappa shape index (κ1) is 8.73. The molecule has 2 rings (SSSR count). The van der Waals surface area contributed by atoms with Gasteiger partial charge in [-0.05, 0) is 18.8 Å². The summed E-state index contributed by atoms with van der Waals surface area (Å²) in [7, 11) is 0. The maximum atomic E-state index is 9.57. The third-order valence-electron chi connectivity index (χ3n) is 2.27. The molecule has 13 heavy (non-hydrogen) atoms. The predicted octanol–water partition coefficient (Wildman–Crippen LogP) is 2.10. The van der Waals surface area contributed by atoms with E-state index in [2.05, 4.69) is 0 Å². The minimum absolute atomic E-state index is 0.691. The molecule has 0 aliphatic heterocycles. The van der Waals surface area contributed by atoms with Crippen molar-refractivity contribution in [1.29, 1.82) is 0 Å². The number of benzene rings is 1. The molecule has 1 aromatic carbocycles. The van der Waals surface area contributed by atoms with Crippen molar-refractivity contribution in [3.05, 3.63) is 35.9 Å². The first-order chi connectivity index (χ1) is 6.36. The Morgan fingerprint density at radius 1 is 1.31 bits per heavy atom. The molecular weight excluding hydrogens is 164 g/mol. The average Bonchev–Trinajstić information content (AvgIpc) is 2.99. The summed E-state index contributed by atoms with van der Waals surface area (Å²) < 4.78 is 5.31. The van der Waals surface area contributed by atoms with Crippen LogP contribution in [0.25, 0.3) is 0 Å². The van der Waals surface area contributed by atoms with Crippen molar-refractivity contribution in [3.8, 4) is 0 Å². The van der Waals surface area contributed by atoms with E-state index in [1.165, 1.54) is 12.8 Å².